The fourth-order valence-electron chi connectivity index (χ4n) is 2.39. The normalized spacial score (nSPS) is 11.6. The van der Waals surface area contributed by atoms with Crippen molar-refractivity contribution in [2.45, 2.75) is 39.2 Å². The van der Waals surface area contributed by atoms with E-state index in [1.165, 1.54) is 5.56 Å². The van der Waals surface area contributed by atoms with Crippen LogP contribution >= 0.6 is 0 Å². The van der Waals surface area contributed by atoms with E-state index in [0.29, 0.717) is 6.61 Å². The van der Waals surface area contributed by atoms with Gasteiger partial charge in [-0.3, -0.25) is 4.79 Å². The maximum atomic E-state index is 11.7. The monoisotopic (exact) mass is 340 g/mol. The minimum atomic E-state index is 0.00980. The molecule has 0 aliphatic rings. The van der Waals surface area contributed by atoms with Gasteiger partial charge in [-0.25, -0.2) is 0 Å². The Morgan fingerprint density at radius 2 is 1.80 bits per heavy atom. The van der Waals surface area contributed by atoms with Crippen LogP contribution in [0.3, 0.4) is 0 Å². The Hall–Kier alpha value is -2.49. The average molecular weight is 340 g/mol. The fourth-order valence-corrected chi connectivity index (χ4v) is 2.39. The quantitative estimate of drug-likeness (QED) is 0.642. The molecule has 2 N–H and O–H groups in total. The van der Waals surface area contributed by atoms with Crippen LogP contribution in [0.25, 0.3) is 0 Å². The average Bonchev–Trinajstić information content (AvgIpc) is 2.65. The zero-order valence-corrected chi connectivity index (χ0v) is 15.1. The molecule has 2 aromatic rings. The van der Waals surface area contributed by atoms with E-state index >= 15 is 0 Å². The van der Waals surface area contributed by atoms with Gasteiger partial charge in [0.15, 0.2) is 0 Å². The maximum Gasteiger partial charge on any atom is 0.239 e. The van der Waals surface area contributed by atoms with E-state index in [1.54, 1.807) is 0 Å². The molecule has 2 rings (SSSR count). The summed E-state index contributed by atoms with van der Waals surface area (Å²) in [5.74, 6) is 0.859. The molecule has 0 heterocycles. The van der Waals surface area contributed by atoms with Crippen LogP contribution in [-0.4, -0.2) is 25.1 Å². The van der Waals surface area contributed by atoms with Crippen molar-refractivity contribution in [2.75, 3.05) is 18.5 Å². The zero-order chi connectivity index (χ0) is 17.9. The van der Waals surface area contributed by atoms with E-state index in [4.69, 9.17) is 4.74 Å². The number of hydrogen-bond donors (Lipinski definition) is 2. The van der Waals surface area contributed by atoms with Gasteiger partial charge in [0.05, 0.1) is 13.2 Å². The van der Waals surface area contributed by atoms with Gasteiger partial charge in [0, 0.05) is 11.7 Å². The summed E-state index contributed by atoms with van der Waals surface area (Å²) >= 11 is 0. The van der Waals surface area contributed by atoms with Crippen molar-refractivity contribution in [3.63, 3.8) is 0 Å². The van der Waals surface area contributed by atoms with Gasteiger partial charge >= 0.3 is 0 Å². The highest BCUT2D eigenvalue weighted by Gasteiger charge is 2.05. The van der Waals surface area contributed by atoms with Crippen molar-refractivity contribution in [2.24, 2.45) is 0 Å². The number of rotatable bonds is 10. The molecule has 1 amide bonds. The van der Waals surface area contributed by atoms with Crippen molar-refractivity contribution < 1.29 is 9.53 Å². The first kappa shape index (κ1) is 18.8. The van der Waals surface area contributed by atoms with E-state index in [9.17, 15) is 4.79 Å². The van der Waals surface area contributed by atoms with Gasteiger partial charge in [-0.15, -0.1) is 0 Å². The Morgan fingerprint density at radius 1 is 1.08 bits per heavy atom. The Kier molecular flexibility index (Phi) is 7.83. The van der Waals surface area contributed by atoms with Crippen molar-refractivity contribution in [1.29, 1.82) is 0 Å². The van der Waals surface area contributed by atoms with E-state index in [0.717, 1.165) is 30.7 Å². The number of nitrogens with one attached hydrogen (secondary N) is 2. The number of hydrogen-bond acceptors (Lipinski definition) is 3. The van der Waals surface area contributed by atoms with Crippen LogP contribution in [0.4, 0.5) is 5.69 Å². The first-order valence-electron chi connectivity index (χ1n) is 8.97. The molecule has 25 heavy (non-hydrogen) atoms. The summed E-state index contributed by atoms with van der Waals surface area (Å²) in [4.78, 5) is 11.7. The van der Waals surface area contributed by atoms with Gasteiger partial charge in [0.1, 0.15) is 5.75 Å². The van der Waals surface area contributed by atoms with Gasteiger partial charge in [-0.2, -0.15) is 0 Å². The fraction of sp³-hybridized carbons (Fsp3) is 0.381. The van der Waals surface area contributed by atoms with Crippen molar-refractivity contribution in [3.05, 3.63) is 60.2 Å². The van der Waals surface area contributed by atoms with Crippen molar-refractivity contribution >= 4 is 11.6 Å². The third-order valence-electron chi connectivity index (χ3n) is 4.05. The number of amides is 1. The summed E-state index contributed by atoms with van der Waals surface area (Å²) in [7, 11) is 0. The van der Waals surface area contributed by atoms with E-state index < -0.39 is 0 Å². The molecule has 0 radical (unpaired) electrons. The molecule has 0 aliphatic carbocycles. The Bertz CT molecular complexity index is 626. The number of anilines is 1. The predicted octanol–water partition coefficient (Wildman–Crippen LogP) is 4.02. The molecule has 0 aliphatic heterocycles. The summed E-state index contributed by atoms with van der Waals surface area (Å²) in [6.45, 7) is 5.03. The first-order chi connectivity index (χ1) is 12.2. The Balaban J connectivity index is 1.66. The highest BCUT2D eigenvalue weighted by molar-refractivity contribution is 5.80. The molecule has 0 fully saturated rings. The highest BCUT2D eigenvalue weighted by Crippen LogP contribution is 2.16. The second-order valence-corrected chi connectivity index (χ2v) is 6.19. The molecule has 1 unspecified atom stereocenters. The van der Waals surface area contributed by atoms with Gasteiger partial charge < -0.3 is 15.4 Å². The lowest BCUT2D eigenvalue weighted by Crippen LogP contribution is -2.36. The third kappa shape index (κ3) is 7.29. The smallest absolute Gasteiger partial charge is 0.239 e. The van der Waals surface area contributed by atoms with Crippen LogP contribution in [0, 0.1) is 0 Å². The lowest BCUT2D eigenvalue weighted by atomic mass is 10.1. The minimum absolute atomic E-state index is 0.00980. The molecule has 0 saturated carbocycles. The molecule has 4 nitrogen and oxygen atoms in total. The minimum Gasteiger partial charge on any atom is -0.494 e. The summed E-state index contributed by atoms with van der Waals surface area (Å²) in [6, 6.07) is 18.4. The topological polar surface area (TPSA) is 50.4 Å². The van der Waals surface area contributed by atoms with Gasteiger partial charge in [-0.1, -0.05) is 37.3 Å². The van der Waals surface area contributed by atoms with Crippen molar-refractivity contribution in [3.8, 4) is 5.75 Å². The van der Waals surface area contributed by atoms with Gasteiger partial charge in [0.25, 0.3) is 0 Å². The zero-order valence-electron chi connectivity index (χ0n) is 15.1. The van der Waals surface area contributed by atoms with E-state index in [-0.39, 0.29) is 18.5 Å². The van der Waals surface area contributed by atoms with Crippen LogP contribution in [0.15, 0.2) is 54.6 Å². The Morgan fingerprint density at radius 3 is 2.48 bits per heavy atom. The lowest BCUT2D eigenvalue weighted by Gasteiger charge is -2.12. The third-order valence-corrected chi connectivity index (χ3v) is 4.05. The van der Waals surface area contributed by atoms with E-state index in [2.05, 4.69) is 41.8 Å². The van der Waals surface area contributed by atoms with Gasteiger partial charge in [0.2, 0.25) is 5.91 Å². The number of aryl methyl sites for hydroxylation is 1. The molecule has 2 aromatic carbocycles. The number of ether oxygens (including phenoxy) is 1. The molecular formula is C21H28N2O2. The molecule has 1 atom stereocenters. The van der Waals surface area contributed by atoms with Crippen LogP contribution in [0.1, 0.15) is 32.3 Å². The van der Waals surface area contributed by atoms with Crippen LogP contribution in [-0.2, 0) is 11.2 Å². The molecule has 0 bridgehead atoms. The summed E-state index contributed by atoms with van der Waals surface area (Å²) in [6.07, 6.45) is 2.94. The predicted molar refractivity (Wildman–Crippen MR) is 103 cm³/mol. The second kappa shape index (κ2) is 10.4. The Labute approximate surface area is 150 Å². The second-order valence-electron chi connectivity index (χ2n) is 6.19. The molecular weight excluding hydrogens is 312 g/mol. The van der Waals surface area contributed by atoms with Crippen LogP contribution in [0.5, 0.6) is 5.75 Å². The summed E-state index contributed by atoms with van der Waals surface area (Å²) in [5, 5.41) is 6.06. The molecule has 0 spiro atoms. The largest absolute Gasteiger partial charge is 0.494 e. The van der Waals surface area contributed by atoms with Gasteiger partial charge in [-0.05, 0) is 56.0 Å². The molecule has 134 valence electrons. The standard InChI is InChI=1S/C21H28N2O2/c1-3-17(2)23-21(24)16-22-19-11-13-20(14-12-19)25-15-7-10-18-8-5-4-6-9-18/h4-6,8-9,11-14,17,22H,3,7,10,15-16H2,1-2H3,(H,23,24). The molecule has 4 heteroatoms. The highest BCUT2D eigenvalue weighted by atomic mass is 16.5. The molecule has 0 saturated heterocycles. The molecule has 0 aromatic heterocycles. The summed E-state index contributed by atoms with van der Waals surface area (Å²) in [5.41, 5.74) is 2.25. The lowest BCUT2D eigenvalue weighted by molar-refractivity contribution is -0.120. The summed E-state index contributed by atoms with van der Waals surface area (Å²) < 4.78 is 5.77. The van der Waals surface area contributed by atoms with Crippen molar-refractivity contribution in [1.82, 2.24) is 5.32 Å². The van der Waals surface area contributed by atoms with Crippen LogP contribution in [0.2, 0.25) is 0 Å². The SMILES string of the molecule is CCC(C)NC(=O)CNc1ccc(OCCCc2ccccc2)cc1. The van der Waals surface area contributed by atoms with E-state index in [1.807, 2.05) is 37.3 Å². The number of carbonyl (C=O) groups excluding carboxylic acids is 1. The maximum absolute atomic E-state index is 11.7. The first-order valence-corrected chi connectivity index (χ1v) is 8.97. The number of carbonyl (C=O) groups is 1. The van der Waals surface area contributed by atoms with Crippen LogP contribution < -0.4 is 15.4 Å². The number of benzene rings is 2.